The van der Waals surface area contributed by atoms with Crippen LogP contribution in [0.1, 0.15) is 42.5 Å². The maximum atomic E-state index is 4.63. The van der Waals surface area contributed by atoms with Gasteiger partial charge in [-0.05, 0) is 35.7 Å². The Hall–Kier alpha value is -1.01. The van der Waals surface area contributed by atoms with Crippen LogP contribution in [0.3, 0.4) is 0 Å². The van der Waals surface area contributed by atoms with E-state index < -0.39 is 0 Å². The van der Waals surface area contributed by atoms with E-state index in [4.69, 9.17) is 0 Å². The molecule has 20 heavy (non-hydrogen) atoms. The van der Waals surface area contributed by atoms with E-state index in [1.54, 1.807) is 11.3 Å². The standard InChI is InChI=1S/C14H19BrN4S/c1-4-6-16-14-13(15)10(5-2)18-11(19-14)7-12-17-9(3)8-20-12/h8H,4-7H2,1-3H3,(H,16,18,19). The van der Waals surface area contributed by atoms with Crippen LogP contribution in [0.2, 0.25) is 0 Å². The Balaban J connectivity index is 2.27. The fourth-order valence-corrected chi connectivity index (χ4v) is 3.20. The first-order valence-electron chi connectivity index (χ1n) is 6.84. The van der Waals surface area contributed by atoms with Gasteiger partial charge < -0.3 is 5.32 Å². The normalized spacial score (nSPS) is 10.8. The van der Waals surface area contributed by atoms with Crippen molar-refractivity contribution in [3.05, 3.63) is 32.1 Å². The van der Waals surface area contributed by atoms with Crippen LogP contribution in [0.15, 0.2) is 9.85 Å². The van der Waals surface area contributed by atoms with Gasteiger partial charge in [0.2, 0.25) is 0 Å². The monoisotopic (exact) mass is 354 g/mol. The highest BCUT2D eigenvalue weighted by Crippen LogP contribution is 2.25. The Bertz CT molecular complexity index is 583. The molecule has 0 bridgehead atoms. The summed E-state index contributed by atoms with van der Waals surface area (Å²) in [6.45, 7) is 7.17. The van der Waals surface area contributed by atoms with Gasteiger partial charge in [-0.2, -0.15) is 0 Å². The fraction of sp³-hybridized carbons (Fsp3) is 0.500. The summed E-state index contributed by atoms with van der Waals surface area (Å²) >= 11 is 5.26. The highest BCUT2D eigenvalue weighted by Gasteiger charge is 2.12. The van der Waals surface area contributed by atoms with Crippen molar-refractivity contribution in [3.63, 3.8) is 0 Å². The van der Waals surface area contributed by atoms with E-state index in [0.717, 1.165) is 51.9 Å². The van der Waals surface area contributed by atoms with E-state index >= 15 is 0 Å². The molecule has 0 unspecified atom stereocenters. The lowest BCUT2D eigenvalue weighted by Gasteiger charge is -2.11. The van der Waals surface area contributed by atoms with Gasteiger partial charge in [-0.15, -0.1) is 11.3 Å². The number of halogens is 1. The van der Waals surface area contributed by atoms with Gasteiger partial charge >= 0.3 is 0 Å². The molecule has 0 aliphatic heterocycles. The lowest BCUT2D eigenvalue weighted by molar-refractivity contribution is 0.878. The number of aryl methyl sites for hydroxylation is 2. The van der Waals surface area contributed by atoms with Crippen LogP contribution in [0.4, 0.5) is 5.82 Å². The van der Waals surface area contributed by atoms with Crippen LogP contribution in [0.25, 0.3) is 0 Å². The molecular weight excluding hydrogens is 336 g/mol. The highest BCUT2D eigenvalue weighted by atomic mass is 79.9. The third kappa shape index (κ3) is 3.76. The van der Waals surface area contributed by atoms with Crippen molar-refractivity contribution in [3.8, 4) is 0 Å². The first-order valence-corrected chi connectivity index (χ1v) is 8.51. The van der Waals surface area contributed by atoms with Gasteiger partial charge in [-0.1, -0.05) is 13.8 Å². The van der Waals surface area contributed by atoms with Gasteiger partial charge in [-0.25, -0.2) is 15.0 Å². The Morgan fingerprint density at radius 2 is 2.05 bits per heavy atom. The minimum absolute atomic E-state index is 0.694. The minimum Gasteiger partial charge on any atom is -0.369 e. The molecule has 0 fully saturated rings. The number of anilines is 1. The number of nitrogens with one attached hydrogen (secondary N) is 1. The van der Waals surface area contributed by atoms with Crippen LogP contribution in [0, 0.1) is 6.92 Å². The molecule has 0 atom stereocenters. The van der Waals surface area contributed by atoms with Crippen molar-refractivity contribution in [2.24, 2.45) is 0 Å². The van der Waals surface area contributed by atoms with Gasteiger partial charge in [0.25, 0.3) is 0 Å². The predicted octanol–water partition coefficient (Wildman–Crippen LogP) is 3.98. The first-order chi connectivity index (χ1) is 9.63. The van der Waals surface area contributed by atoms with Gasteiger partial charge in [0.05, 0.1) is 16.6 Å². The van der Waals surface area contributed by atoms with Crippen LogP contribution < -0.4 is 5.32 Å². The molecule has 2 heterocycles. The summed E-state index contributed by atoms with van der Waals surface area (Å²) in [7, 11) is 0. The summed E-state index contributed by atoms with van der Waals surface area (Å²) in [5, 5.41) is 6.48. The second kappa shape index (κ2) is 7.13. The molecule has 0 aliphatic carbocycles. The van der Waals surface area contributed by atoms with Crippen LogP contribution in [0.5, 0.6) is 0 Å². The van der Waals surface area contributed by atoms with Crippen molar-refractivity contribution >= 4 is 33.1 Å². The zero-order valence-corrected chi connectivity index (χ0v) is 14.4. The smallest absolute Gasteiger partial charge is 0.144 e. The quantitative estimate of drug-likeness (QED) is 0.852. The topological polar surface area (TPSA) is 50.7 Å². The van der Waals surface area contributed by atoms with E-state index in [0.29, 0.717) is 6.42 Å². The number of rotatable bonds is 6. The maximum Gasteiger partial charge on any atom is 0.144 e. The number of nitrogens with zero attached hydrogens (tertiary/aromatic N) is 3. The third-order valence-electron chi connectivity index (χ3n) is 2.82. The van der Waals surface area contributed by atoms with Crippen LogP contribution >= 0.6 is 27.3 Å². The second-order valence-corrected chi connectivity index (χ2v) is 6.32. The number of thiazole rings is 1. The Kier molecular flexibility index (Phi) is 5.48. The molecule has 4 nitrogen and oxygen atoms in total. The average molecular weight is 355 g/mol. The molecule has 0 amide bonds. The van der Waals surface area contributed by atoms with E-state index in [1.807, 2.05) is 6.92 Å². The maximum absolute atomic E-state index is 4.63. The Labute approximate surface area is 132 Å². The molecule has 6 heteroatoms. The summed E-state index contributed by atoms with van der Waals surface area (Å²) in [5.74, 6) is 1.72. The van der Waals surface area contributed by atoms with Crippen molar-refractivity contribution in [2.75, 3.05) is 11.9 Å². The molecule has 2 aromatic rings. The van der Waals surface area contributed by atoms with Gasteiger partial charge in [0.1, 0.15) is 16.6 Å². The molecule has 0 saturated carbocycles. The third-order valence-corrected chi connectivity index (χ3v) is 4.62. The minimum atomic E-state index is 0.694. The van der Waals surface area contributed by atoms with Crippen LogP contribution in [-0.2, 0) is 12.8 Å². The van der Waals surface area contributed by atoms with Crippen molar-refractivity contribution < 1.29 is 0 Å². The lowest BCUT2D eigenvalue weighted by atomic mass is 10.3. The van der Waals surface area contributed by atoms with Gasteiger partial charge in [0, 0.05) is 17.6 Å². The summed E-state index contributed by atoms with van der Waals surface area (Å²) in [6, 6.07) is 0. The molecule has 0 radical (unpaired) electrons. The Morgan fingerprint density at radius 1 is 1.25 bits per heavy atom. The highest BCUT2D eigenvalue weighted by molar-refractivity contribution is 9.10. The molecule has 1 N–H and O–H groups in total. The molecule has 2 rings (SSSR count). The van der Waals surface area contributed by atoms with E-state index in [9.17, 15) is 0 Å². The fourth-order valence-electron chi connectivity index (χ4n) is 1.84. The van der Waals surface area contributed by atoms with E-state index in [2.05, 4.69) is 55.4 Å². The molecule has 0 spiro atoms. The largest absolute Gasteiger partial charge is 0.369 e. The number of hydrogen-bond acceptors (Lipinski definition) is 5. The SMILES string of the molecule is CCCNc1nc(Cc2nc(C)cs2)nc(CC)c1Br. The number of hydrogen-bond donors (Lipinski definition) is 1. The van der Waals surface area contributed by atoms with E-state index in [-0.39, 0.29) is 0 Å². The predicted molar refractivity (Wildman–Crippen MR) is 87.5 cm³/mol. The Morgan fingerprint density at radius 3 is 2.65 bits per heavy atom. The summed E-state index contributed by atoms with van der Waals surface area (Å²) in [4.78, 5) is 13.7. The summed E-state index contributed by atoms with van der Waals surface area (Å²) < 4.78 is 0.979. The molecule has 0 aromatic carbocycles. The molecule has 2 aromatic heterocycles. The van der Waals surface area contributed by atoms with Crippen LogP contribution in [-0.4, -0.2) is 21.5 Å². The zero-order chi connectivity index (χ0) is 14.5. The van der Waals surface area contributed by atoms with E-state index in [1.165, 1.54) is 0 Å². The molecule has 0 saturated heterocycles. The average Bonchev–Trinajstić information content (AvgIpc) is 2.84. The molecule has 108 valence electrons. The first kappa shape index (κ1) is 15.4. The second-order valence-electron chi connectivity index (χ2n) is 4.59. The van der Waals surface area contributed by atoms with Crippen molar-refractivity contribution in [1.29, 1.82) is 0 Å². The summed E-state index contributed by atoms with van der Waals surface area (Å²) in [5.41, 5.74) is 2.10. The molecule has 0 aliphatic rings. The van der Waals surface area contributed by atoms with Crippen molar-refractivity contribution in [2.45, 2.75) is 40.0 Å². The lowest BCUT2D eigenvalue weighted by Crippen LogP contribution is -2.09. The summed E-state index contributed by atoms with van der Waals surface area (Å²) in [6.07, 6.45) is 2.65. The van der Waals surface area contributed by atoms with Gasteiger partial charge in [-0.3, -0.25) is 0 Å². The zero-order valence-electron chi connectivity index (χ0n) is 12.0. The molecular formula is C14H19BrN4S. The van der Waals surface area contributed by atoms with Gasteiger partial charge in [0.15, 0.2) is 0 Å². The number of aromatic nitrogens is 3. The van der Waals surface area contributed by atoms with Crippen molar-refractivity contribution in [1.82, 2.24) is 15.0 Å².